The number of nitrogens with two attached hydrogens (primary N) is 1. The van der Waals surface area contributed by atoms with Crippen LogP contribution in [0.4, 0.5) is 0 Å². The summed E-state index contributed by atoms with van der Waals surface area (Å²) in [6.45, 7) is 13.0. The average Bonchev–Trinajstić information content (AvgIpc) is 2.36. The molecule has 4 nitrogen and oxygen atoms in total. The van der Waals surface area contributed by atoms with Crippen LogP contribution >= 0.6 is 0 Å². The van der Waals surface area contributed by atoms with Crippen LogP contribution in [0.5, 0.6) is 5.88 Å². The molecule has 0 saturated heterocycles. The summed E-state index contributed by atoms with van der Waals surface area (Å²) in [6.07, 6.45) is 0. The maximum Gasteiger partial charge on any atom is 0.213 e. The van der Waals surface area contributed by atoms with Gasteiger partial charge >= 0.3 is 0 Å². The van der Waals surface area contributed by atoms with E-state index in [0.717, 1.165) is 17.9 Å². The van der Waals surface area contributed by atoms with Gasteiger partial charge in [0, 0.05) is 24.6 Å². The van der Waals surface area contributed by atoms with E-state index in [1.807, 2.05) is 12.1 Å². The number of aromatic nitrogens is 1. The summed E-state index contributed by atoms with van der Waals surface area (Å²) in [5.74, 6) is 1.17. The SMILES string of the molecule is CC(C)COCCOc1cc(CN)cc(C(C)(C)C)n1. The van der Waals surface area contributed by atoms with Crippen molar-refractivity contribution < 1.29 is 9.47 Å². The minimum atomic E-state index is -0.0164. The molecule has 0 bridgehead atoms. The Balaban J connectivity index is 2.61. The summed E-state index contributed by atoms with van der Waals surface area (Å²) in [6, 6.07) is 3.94. The maximum absolute atomic E-state index is 5.73. The Morgan fingerprint density at radius 2 is 1.90 bits per heavy atom. The first-order chi connectivity index (χ1) is 9.32. The van der Waals surface area contributed by atoms with E-state index in [1.165, 1.54) is 0 Å². The van der Waals surface area contributed by atoms with Gasteiger partial charge in [-0.2, -0.15) is 0 Å². The molecule has 114 valence electrons. The number of hydrogen-bond acceptors (Lipinski definition) is 4. The van der Waals surface area contributed by atoms with Crippen LogP contribution in [0.1, 0.15) is 45.9 Å². The lowest BCUT2D eigenvalue weighted by atomic mass is 9.91. The third kappa shape index (κ3) is 5.88. The Bertz CT molecular complexity index is 411. The summed E-state index contributed by atoms with van der Waals surface area (Å²) in [7, 11) is 0. The first-order valence-electron chi connectivity index (χ1n) is 7.25. The highest BCUT2D eigenvalue weighted by Crippen LogP contribution is 2.24. The van der Waals surface area contributed by atoms with E-state index in [-0.39, 0.29) is 5.41 Å². The zero-order valence-electron chi connectivity index (χ0n) is 13.4. The van der Waals surface area contributed by atoms with Crippen LogP contribution in [0.3, 0.4) is 0 Å². The molecule has 0 atom stereocenters. The van der Waals surface area contributed by atoms with Gasteiger partial charge in [-0.1, -0.05) is 34.6 Å². The molecular weight excluding hydrogens is 252 g/mol. The molecule has 0 spiro atoms. The Kier molecular flexibility index (Phi) is 6.43. The van der Waals surface area contributed by atoms with Gasteiger partial charge in [0.05, 0.1) is 12.3 Å². The molecule has 1 heterocycles. The fourth-order valence-electron chi connectivity index (χ4n) is 1.66. The second-order valence-corrected chi connectivity index (χ2v) is 6.47. The van der Waals surface area contributed by atoms with Crippen molar-refractivity contribution in [3.8, 4) is 5.88 Å². The minimum absolute atomic E-state index is 0.0164. The minimum Gasteiger partial charge on any atom is -0.475 e. The lowest BCUT2D eigenvalue weighted by Crippen LogP contribution is -2.16. The van der Waals surface area contributed by atoms with E-state index in [2.05, 4.69) is 39.6 Å². The highest BCUT2D eigenvalue weighted by molar-refractivity contribution is 5.28. The van der Waals surface area contributed by atoms with E-state index in [4.69, 9.17) is 15.2 Å². The Hall–Kier alpha value is -1.13. The molecule has 4 heteroatoms. The number of ether oxygens (including phenoxy) is 2. The molecule has 1 rings (SSSR count). The molecule has 0 saturated carbocycles. The smallest absolute Gasteiger partial charge is 0.213 e. The van der Waals surface area contributed by atoms with Gasteiger partial charge in [-0.05, 0) is 17.5 Å². The van der Waals surface area contributed by atoms with Crippen LogP contribution in [0.15, 0.2) is 12.1 Å². The predicted molar refractivity (Wildman–Crippen MR) is 82.0 cm³/mol. The molecule has 0 aliphatic rings. The predicted octanol–water partition coefficient (Wildman–Crippen LogP) is 2.89. The molecule has 2 N–H and O–H groups in total. The Morgan fingerprint density at radius 3 is 2.45 bits per heavy atom. The van der Waals surface area contributed by atoms with Gasteiger partial charge in [0.2, 0.25) is 5.88 Å². The van der Waals surface area contributed by atoms with Crippen LogP contribution < -0.4 is 10.5 Å². The molecule has 1 aromatic heterocycles. The molecule has 0 amide bonds. The van der Waals surface area contributed by atoms with Crippen molar-refractivity contribution in [2.24, 2.45) is 11.7 Å². The van der Waals surface area contributed by atoms with Crippen molar-refractivity contribution >= 4 is 0 Å². The lowest BCUT2D eigenvalue weighted by Gasteiger charge is -2.19. The number of pyridine rings is 1. The summed E-state index contributed by atoms with van der Waals surface area (Å²) in [5, 5.41) is 0. The third-order valence-electron chi connectivity index (χ3n) is 2.79. The maximum atomic E-state index is 5.73. The summed E-state index contributed by atoms with van der Waals surface area (Å²) in [4.78, 5) is 4.55. The molecule has 0 aromatic carbocycles. The molecule has 1 aromatic rings. The zero-order chi connectivity index (χ0) is 15.2. The normalized spacial score (nSPS) is 11.9. The van der Waals surface area contributed by atoms with Gasteiger partial charge in [0.25, 0.3) is 0 Å². The second kappa shape index (κ2) is 7.60. The van der Waals surface area contributed by atoms with Crippen LogP contribution in [0.2, 0.25) is 0 Å². The number of rotatable bonds is 7. The summed E-state index contributed by atoms with van der Waals surface area (Å²) in [5.41, 5.74) is 7.76. The van der Waals surface area contributed by atoms with Crippen LogP contribution in [-0.4, -0.2) is 24.8 Å². The van der Waals surface area contributed by atoms with Crippen molar-refractivity contribution in [1.29, 1.82) is 0 Å². The lowest BCUT2D eigenvalue weighted by molar-refractivity contribution is 0.0805. The third-order valence-corrected chi connectivity index (χ3v) is 2.79. The largest absolute Gasteiger partial charge is 0.475 e. The Morgan fingerprint density at radius 1 is 1.20 bits per heavy atom. The van der Waals surface area contributed by atoms with Gasteiger partial charge < -0.3 is 15.2 Å². The van der Waals surface area contributed by atoms with Gasteiger partial charge in [-0.15, -0.1) is 0 Å². The topological polar surface area (TPSA) is 57.4 Å². The fraction of sp³-hybridized carbons (Fsp3) is 0.688. The highest BCUT2D eigenvalue weighted by Gasteiger charge is 2.17. The van der Waals surface area contributed by atoms with Crippen LogP contribution in [-0.2, 0) is 16.7 Å². The summed E-state index contributed by atoms with van der Waals surface area (Å²) < 4.78 is 11.2. The van der Waals surface area contributed by atoms with Crippen LogP contribution in [0, 0.1) is 5.92 Å². The number of hydrogen-bond donors (Lipinski definition) is 1. The molecule has 0 aliphatic heterocycles. The van der Waals surface area contributed by atoms with E-state index in [1.54, 1.807) is 0 Å². The summed E-state index contributed by atoms with van der Waals surface area (Å²) >= 11 is 0. The van der Waals surface area contributed by atoms with Gasteiger partial charge in [0.1, 0.15) is 6.61 Å². The van der Waals surface area contributed by atoms with Crippen molar-refractivity contribution in [1.82, 2.24) is 4.98 Å². The first kappa shape index (κ1) is 16.9. The monoisotopic (exact) mass is 280 g/mol. The second-order valence-electron chi connectivity index (χ2n) is 6.47. The molecule has 0 unspecified atom stereocenters. The molecule has 0 fully saturated rings. The molecule has 0 radical (unpaired) electrons. The van der Waals surface area contributed by atoms with Gasteiger partial charge in [-0.25, -0.2) is 4.98 Å². The van der Waals surface area contributed by atoms with E-state index in [0.29, 0.717) is 31.6 Å². The van der Waals surface area contributed by atoms with Gasteiger partial charge in [0.15, 0.2) is 0 Å². The van der Waals surface area contributed by atoms with E-state index < -0.39 is 0 Å². The van der Waals surface area contributed by atoms with E-state index in [9.17, 15) is 0 Å². The zero-order valence-corrected chi connectivity index (χ0v) is 13.4. The number of nitrogens with zero attached hydrogens (tertiary/aromatic N) is 1. The molecular formula is C16H28N2O2. The van der Waals surface area contributed by atoms with E-state index >= 15 is 0 Å². The van der Waals surface area contributed by atoms with Crippen molar-refractivity contribution in [3.05, 3.63) is 23.4 Å². The van der Waals surface area contributed by atoms with Crippen molar-refractivity contribution in [2.75, 3.05) is 19.8 Å². The Labute approximate surface area is 122 Å². The fourth-order valence-corrected chi connectivity index (χ4v) is 1.66. The molecule has 0 aliphatic carbocycles. The van der Waals surface area contributed by atoms with Crippen molar-refractivity contribution in [2.45, 2.75) is 46.6 Å². The van der Waals surface area contributed by atoms with Crippen molar-refractivity contribution in [3.63, 3.8) is 0 Å². The van der Waals surface area contributed by atoms with Gasteiger partial charge in [-0.3, -0.25) is 0 Å². The van der Waals surface area contributed by atoms with Crippen LogP contribution in [0.25, 0.3) is 0 Å². The first-order valence-corrected chi connectivity index (χ1v) is 7.25. The molecule has 20 heavy (non-hydrogen) atoms. The average molecular weight is 280 g/mol. The highest BCUT2D eigenvalue weighted by atomic mass is 16.5. The quantitative estimate of drug-likeness (QED) is 0.780. The standard InChI is InChI=1S/C16H28N2O2/c1-12(2)11-19-6-7-20-15-9-13(10-17)8-14(18-15)16(3,4)5/h8-9,12H,6-7,10-11,17H2,1-5H3.